The van der Waals surface area contributed by atoms with Crippen molar-refractivity contribution in [1.82, 2.24) is 10.2 Å². The standard InChI is InChI=1S/C14H21BrN2O2/c1-10(8-12-4-6-13(15)7-5-12)16-14(19)17(3)9-11(2)18/h4-7,10-11,18H,8-9H2,1-3H3,(H,16,19). The molecule has 4 nitrogen and oxygen atoms in total. The van der Waals surface area contributed by atoms with Gasteiger partial charge in [-0.15, -0.1) is 0 Å². The molecule has 2 N–H and O–H groups in total. The van der Waals surface area contributed by atoms with Crippen LogP contribution in [0.4, 0.5) is 4.79 Å². The van der Waals surface area contributed by atoms with Gasteiger partial charge in [0, 0.05) is 24.1 Å². The minimum atomic E-state index is -0.516. The number of nitrogens with zero attached hydrogens (tertiary/aromatic N) is 1. The second-order valence-electron chi connectivity index (χ2n) is 4.91. The summed E-state index contributed by atoms with van der Waals surface area (Å²) in [6.07, 6.45) is 0.263. The van der Waals surface area contributed by atoms with Crippen LogP contribution in [0.3, 0.4) is 0 Å². The highest BCUT2D eigenvalue weighted by Crippen LogP contribution is 2.11. The third-order valence-corrected chi connectivity index (χ3v) is 3.24. The van der Waals surface area contributed by atoms with Gasteiger partial charge in [0.2, 0.25) is 0 Å². The molecule has 106 valence electrons. The third-order valence-electron chi connectivity index (χ3n) is 2.71. The maximum absolute atomic E-state index is 11.8. The molecule has 0 aliphatic heterocycles. The van der Waals surface area contributed by atoms with E-state index in [1.165, 1.54) is 10.5 Å². The normalized spacial score (nSPS) is 13.7. The van der Waals surface area contributed by atoms with Gasteiger partial charge in [0.15, 0.2) is 0 Å². The van der Waals surface area contributed by atoms with Crippen molar-refractivity contribution in [2.45, 2.75) is 32.4 Å². The van der Waals surface area contributed by atoms with Crippen LogP contribution in [-0.2, 0) is 6.42 Å². The Morgan fingerprint density at radius 1 is 1.37 bits per heavy atom. The van der Waals surface area contributed by atoms with E-state index in [1.807, 2.05) is 31.2 Å². The Labute approximate surface area is 122 Å². The van der Waals surface area contributed by atoms with Crippen molar-refractivity contribution in [2.75, 3.05) is 13.6 Å². The van der Waals surface area contributed by atoms with Gasteiger partial charge in [0.1, 0.15) is 0 Å². The molecule has 1 aromatic carbocycles. The molecule has 5 heteroatoms. The van der Waals surface area contributed by atoms with Crippen molar-refractivity contribution in [3.63, 3.8) is 0 Å². The van der Waals surface area contributed by atoms with Crippen LogP contribution in [0, 0.1) is 0 Å². The van der Waals surface area contributed by atoms with Crippen LogP contribution in [0.1, 0.15) is 19.4 Å². The summed E-state index contributed by atoms with van der Waals surface area (Å²) in [4.78, 5) is 13.3. The van der Waals surface area contributed by atoms with E-state index in [9.17, 15) is 9.90 Å². The van der Waals surface area contributed by atoms with E-state index in [2.05, 4.69) is 21.2 Å². The number of hydrogen-bond donors (Lipinski definition) is 2. The van der Waals surface area contributed by atoms with Crippen LogP contribution >= 0.6 is 15.9 Å². The summed E-state index contributed by atoms with van der Waals surface area (Å²) >= 11 is 3.39. The quantitative estimate of drug-likeness (QED) is 0.872. The minimum absolute atomic E-state index is 0.0464. The third kappa shape index (κ3) is 6.07. The van der Waals surface area contributed by atoms with E-state index in [0.717, 1.165) is 10.9 Å². The number of hydrogen-bond acceptors (Lipinski definition) is 2. The first-order chi connectivity index (χ1) is 8.88. The van der Waals surface area contributed by atoms with E-state index in [1.54, 1.807) is 14.0 Å². The van der Waals surface area contributed by atoms with Gasteiger partial charge < -0.3 is 15.3 Å². The fourth-order valence-corrected chi connectivity index (χ4v) is 2.09. The highest BCUT2D eigenvalue weighted by molar-refractivity contribution is 9.10. The molecule has 0 aliphatic rings. The molecule has 2 atom stereocenters. The molecule has 0 saturated carbocycles. The Kier molecular flexibility index (Phi) is 6.31. The number of aliphatic hydroxyl groups is 1. The van der Waals surface area contributed by atoms with Crippen molar-refractivity contribution in [2.24, 2.45) is 0 Å². The summed E-state index contributed by atoms with van der Waals surface area (Å²) in [6.45, 7) is 3.96. The molecule has 19 heavy (non-hydrogen) atoms. The maximum Gasteiger partial charge on any atom is 0.317 e. The Morgan fingerprint density at radius 2 is 1.95 bits per heavy atom. The monoisotopic (exact) mass is 328 g/mol. The minimum Gasteiger partial charge on any atom is -0.392 e. The fourth-order valence-electron chi connectivity index (χ4n) is 1.83. The van der Waals surface area contributed by atoms with Crippen LogP contribution < -0.4 is 5.32 Å². The predicted molar refractivity (Wildman–Crippen MR) is 80.2 cm³/mol. The molecule has 2 amide bonds. The average molecular weight is 329 g/mol. The molecular weight excluding hydrogens is 308 g/mol. The lowest BCUT2D eigenvalue weighted by molar-refractivity contribution is 0.142. The second-order valence-corrected chi connectivity index (χ2v) is 5.83. The zero-order valence-corrected chi connectivity index (χ0v) is 13.1. The summed E-state index contributed by atoms with van der Waals surface area (Å²) in [5.41, 5.74) is 1.18. The number of nitrogens with one attached hydrogen (secondary N) is 1. The first-order valence-corrected chi connectivity index (χ1v) is 7.12. The van der Waals surface area contributed by atoms with Gasteiger partial charge in [-0.25, -0.2) is 4.79 Å². The van der Waals surface area contributed by atoms with Crippen molar-refractivity contribution in [1.29, 1.82) is 0 Å². The molecular formula is C14H21BrN2O2. The van der Waals surface area contributed by atoms with Crippen LogP contribution in [0.25, 0.3) is 0 Å². The summed E-state index contributed by atoms with van der Waals surface area (Å²) in [7, 11) is 1.68. The number of carbonyl (C=O) groups excluding carboxylic acids is 1. The van der Waals surface area contributed by atoms with Gasteiger partial charge in [-0.3, -0.25) is 0 Å². The van der Waals surface area contributed by atoms with Crippen molar-refractivity contribution in [3.05, 3.63) is 34.3 Å². The molecule has 0 aromatic heterocycles. The second kappa shape index (κ2) is 7.50. The van der Waals surface area contributed by atoms with Crippen molar-refractivity contribution >= 4 is 22.0 Å². The Hall–Kier alpha value is -1.07. The van der Waals surface area contributed by atoms with Crippen LogP contribution in [0.15, 0.2) is 28.7 Å². The van der Waals surface area contributed by atoms with Crippen LogP contribution in [0.5, 0.6) is 0 Å². The van der Waals surface area contributed by atoms with E-state index in [0.29, 0.717) is 6.54 Å². The number of urea groups is 1. The lowest BCUT2D eigenvalue weighted by atomic mass is 10.1. The maximum atomic E-state index is 11.8. The van der Waals surface area contributed by atoms with Gasteiger partial charge in [0.25, 0.3) is 0 Å². The summed E-state index contributed by atoms with van der Waals surface area (Å²) in [5.74, 6) is 0. The zero-order valence-electron chi connectivity index (χ0n) is 11.6. The number of rotatable bonds is 5. The first-order valence-electron chi connectivity index (χ1n) is 6.32. The van der Waals surface area contributed by atoms with Crippen LogP contribution in [0.2, 0.25) is 0 Å². The smallest absolute Gasteiger partial charge is 0.317 e. The number of amides is 2. The van der Waals surface area contributed by atoms with Gasteiger partial charge in [0.05, 0.1) is 6.10 Å². The van der Waals surface area contributed by atoms with Gasteiger partial charge in [-0.1, -0.05) is 28.1 Å². The number of benzene rings is 1. The zero-order chi connectivity index (χ0) is 14.4. The highest BCUT2D eigenvalue weighted by atomic mass is 79.9. The Balaban J connectivity index is 2.44. The molecule has 0 spiro atoms. The number of halogens is 1. The first kappa shape index (κ1) is 16.0. The summed E-state index contributed by atoms with van der Waals surface area (Å²) < 4.78 is 1.05. The Morgan fingerprint density at radius 3 is 2.47 bits per heavy atom. The van der Waals surface area contributed by atoms with Crippen LogP contribution in [-0.4, -0.2) is 41.8 Å². The molecule has 0 bridgehead atoms. The SMILES string of the molecule is CC(O)CN(C)C(=O)NC(C)Cc1ccc(Br)cc1. The summed E-state index contributed by atoms with van der Waals surface area (Å²) in [5, 5.41) is 12.2. The number of likely N-dealkylation sites (N-methyl/N-ethyl adjacent to an activating group) is 1. The highest BCUT2D eigenvalue weighted by Gasteiger charge is 2.13. The number of aliphatic hydroxyl groups excluding tert-OH is 1. The van der Waals surface area contributed by atoms with Gasteiger partial charge in [-0.2, -0.15) is 0 Å². The lowest BCUT2D eigenvalue weighted by Gasteiger charge is -2.22. The van der Waals surface area contributed by atoms with Gasteiger partial charge in [-0.05, 0) is 38.0 Å². The fraction of sp³-hybridized carbons (Fsp3) is 0.500. The molecule has 1 aromatic rings. The average Bonchev–Trinajstić information content (AvgIpc) is 2.31. The topological polar surface area (TPSA) is 52.6 Å². The molecule has 0 aliphatic carbocycles. The summed E-state index contributed by atoms with van der Waals surface area (Å²) in [6, 6.07) is 7.93. The largest absolute Gasteiger partial charge is 0.392 e. The molecule has 0 radical (unpaired) electrons. The van der Waals surface area contributed by atoms with Crippen molar-refractivity contribution in [3.8, 4) is 0 Å². The lowest BCUT2D eigenvalue weighted by Crippen LogP contribution is -2.44. The predicted octanol–water partition coefficient (Wildman–Crippen LogP) is 2.40. The molecule has 0 heterocycles. The molecule has 1 rings (SSSR count). The number of carbonyl (C=O) groups is 1. The van der Waals surface area contributed by atoms with Crippen molar-refractivity contribution < 1.29 is 9.90 Å². The molecule has 0 saturated heterocycles. The van der Waals surface area contributed by atoms with E-state index in [-0.39, 0.29) is 12.1 Å². The molecule has 0 fully saturated rings. The van der Waals surface area contributed by atoms with E-state index < -0.39 is 6.10 Å². The van der Waals surface area contributed by atoms with E-state index in [4.69, 9.17) is 0 Å². The van der Waals surface area contributed by atoms with Gasteiger partial charge >= 0.3 is 6.03 Å². The van der Waals surface area contributed by atoms with E-state index >= 15 is 0 Å². The molecule has 2 unspecified atom stereocenters. The Bertz CT molecular complexity index is 406.